The number of anilines is 2. The number of amides is 2. The van der Waals surface area contributed by atoms with Crippen molar-refractivity contribution < 1.29 is 18.0 Å². The van der Waals surface area contributed by atoms with Gasteiger partial charge in [0.1, 0.15) is 0 Å². The number of hydrogen-bond donors (Lipinski definition) is 2. The van der Waals surface area contributed by atoms with Crippen molar-refractivity contribution in [2.45, 2.75) is 33.2 Å². The molecule has 0 unspecified atom stereocenters. The molecule has 1 atom stereocenters. The normalized spacial score (nSPS) is 12.2. The Labute approximate surface area is 172 Å². The van der Waals surface area contributed by atoms with Crippen LogP contribution in [-0.4, -0.2) is 39.6 Å². The third-order valence-electron chi connectivity index (χ3n) is 4.72. The van der Waals surface area contributed by atoms with Crippen LogP contribution in [0.5, 0.6) is 0 Å². The summed E-state index contributed by atoms with van der Waals surface area (Å²) >= 11 is 0. The van der Waals surface area contributed by atoms with Crippen LogP contribution in [0.4, 0.5) is 11.4 Å². The first-order valence-corrected chi connectivity index (χ1v) is 11.1. The number of para-hydroxylation sites is 1. The minimum absolute atomic E-state index is 0.0115. The third-order valence-corrected chi connectivity index (χ3v) is 5.91. The van der Waals surface area contributed by atoms with E-state index in [1.54, 1.807) is 43.3 Å². The van der Waals surface area contributed by atoms with Crippen molar-refractivity contribution in [1.82, 2.24) is 5.32 Å². The van der Waals surface area contributed by atoms with E-state index < -0.39 is 15.9 Å². The van der Waals surface area contributed by atoms with E-state index in [2.05, 4.69) is 10.6 Å². The fourth-order valence-corrected chi connectivity index (χ4v) is 3.21. The van der Waals surface area contributed by atoms with E-state index in [1.165, 1.54) is 13.1 Å². The van der Waals surface area contributed by atoms with Crippen LogP contribution in [0.25, 0.3) is 0 Å². The zero-order chi connectivity index (χ0) is 21.8. The largest absolute Gasteiger partial charge is 0.350 e. The van der Waals surface area contributed by atoms with Crippen LogP contribution in [0.15, 0.2) is 42.5 Å². The second-order valence-electron chi connectivity index (χ2n) is 7.01. The number of sulfonamides is 1. The molecule has 0 aliphatic rings. The highest BCUT2D eigenvalue weighted by Crippen LogP contribution is 2.24. The number of carbonyl (C=O) groups excluding carboxylic acids is 2. The minimum Gasteiger partial charge on any atom is -0.350 e. The molecule has 0 radical (unpaired) electrons. The Kier molecular flexibility index (Phi) is 7.02. The summed E-state index contributed by atoms with van der Waals surface area (Å²) in [6.45, 7) is 5.65. The first kappa shape index (κ1) is 22.4. The number of benzene rings is 2. The molecule has 0 saturated carbocycles. The SMILES string of the molecule is CC[C@@H](C)NC(=O)c1ccccc1NC(=O)c1ccc(C)c(N(C)S(C)(=O)=O)c1. The summed E-state index contributed by atoms with van der Waals surface area (Å²) in [5.41, 5.74) is 2.18. The molecule has 0 aliphatic carbocycles. The van der Waals surface area contributed by atoms with Gasteiger partial charge in [-0.2, -0.15) is 0 Å². The molecule has 0 spiro atoms. The maximum atomic E-state index is 12.8. The first-order chi connectivity index (χ1) is 13.5. The lowest BCUT2D eigenvalue weighted by molar-refractivity contribution is 0.0940. The Morgan fingerprint density at radius 3 is 2.38 bits per heavy atom. The molecule has 2 rings (SSSR count). The van der Waals surface area contributed by atoms with Crippen LogP contribution in [0.3, 0.4) is 0 Å². The topological polar surface area (TPSA) is 95.6 Å². The maximum Gasteiger partial charge on any atom is 0.255 e. The van der Waals surface area contributed by atoms with Crippen molar-refractivity contribution in [1.29, 1.82) is 0 Å². The van der Waals surface area contributed by atoms with Crippen molar-refractivity contribution >= 4 is 33.2 Å². The smallest absolute Gasteiger partial charge is 0.255 e. The van der Waals surface area contributed by atoms with Crippen molar-refractivity contribution in [3.63, 3.8) is 0 Å². The summed E-state index contributed by atoms with van der Waals surface area (Å²) in [5, 5.41) is 5.64. The van der Waals surface area contributed by atoms with Crippen LogP contribution < -0.4 is 14.9 Å². The van der Waals surface area contributed by atoms with Gasteiger partial charge >= 0.3 is 0 Å². The Bertz CT molecular complexity index is 1020. The number of rotatable bonds is 7. The lowest BCUT2D eigenvalue weighted by Crippen LogP contribution is -2.32. The highest BCUT2D eigenvalue weighted by Gasteiger charge is 2.18. The van der Waals surface area contributed by atoms with E-state index in [-0.39, 0.29) is 11.9 Å². The van der Waals surface area contributed by atoms with Crippen LogP contribution in [0, 0.1) is 6.92 Å². The minimum atomic E-state index is -3.46. The van der Waals surface area contributed by atoms with Gasteiger partial charge in [-0.25, -0.2) is 8.42 Å². The van der Waals surface area contributed by atoms with E-state index in [1.807, 2.05) is 13.8 Å². The number of carbonyl (C=O) groups is 2. The molecule has 2 amide bonds. The Morgan fingerprint density at radius 2 is 1.76 bits per heavy atom. The summed E-state index contributed by atoms with van der Waals surface area (Å²) in [6.07, 6.45) is 1.89. The van der Waals surface area contributed by atoms with Gasteiger partial charge in [-0.1, -0.05) is 25.1 Å². The van der Waals surface area contributed by atoms with E-state index in [0.717, 1.165) is 22.5 Å². The fraction of sp³-hybridized carbons (Fsp3) is 0.333. The number of nitrogens with zero attached hydrogens (tertiary/aromatic N) is 1. The zero-order valence-corrected chi connectivity index (χ0v) is 18.1. The standard InChI is InChI=1S/C21H27N3O4S/c1-6-15(3)22-21(26)17-9-7-8-10-18(17)23-20(25)16-12-11-14(2)19(13-16)24(4)29(5,27)28/h7-13,15H,6H2,1-5H3,(H,22,26)(H,23,25)/t15-/m1/s1. The average molecular weight is 418 g/mol. The molecule has 7 nitrogen and oxygen atoms in total. The van der Waals surface area contributed by atoms with Crippen LogP contribution in [0.1, 0.15) is 46.5 Å². The van der Waals surface area contributed by atoms with Gasteiger partial charge in [0.2, 0.25) is 10.0 Å². The molecule has 2 aromatic carbocycles. The van der Waals surface area contributed by atoms with E-state index in [4.69, 9.17) is 0 Å². The second-order valence-corrected chi connectivity index (χ2v) is 9.03. The molecule has 156 valence electrons. The van der Waals surface area contributed by atoms with Gasteiger partial charge in [0.05, 0.1) is 23.2 Å². The molecular formula is C21H27N3O4S. The van der Waals surface area contributed by atoms with Gasteiger partial charge in [-0.15, -0.1) is 0 Å². The van der Waals surface area contributed by atoms with Crippen LogP contribution in [-0.2, 0) is 10.0 Å². The summed E-state index contributed by atoms with van der Waals surface area (Å²) in [5.74, 6) is -0.700. The summed E-state index contributed by atoms with van der Waals surface area (Å²) in [6, 6.07) is 11.6. The predicted molar refractivity (Wildman–Crippen MR) is 116 cm³/mol. The van der Waals surface area contributed by atoms with Gasteiger partial charge in [-0.3, -0.25) is 13.9 Å². The van der Waals surface area contributed by atoms with Crippen LogP contribution in [0.2, 0.25) is 0 Å². The molecule has 29 heavy (non-hydrogen) atoms. The monoisotopic (exact) mass is 417 g/mol. The fourth-order valence-electron chi connectivity index (χ4n) is 2.66. The molecule has 2 aromatic rings. The molecule has 0 heterocycles. The van der Waals surface area contributed by atoms with E-state index in [0.29, 0.717) is 22.5 Å². The van der Waals surface area contributed by atoms with Gasteiger partial charge < -0.3 is 10.6 Å². The van der Waals surface area contributed by atoms with Gasteiger partial charge in [0, 0.05) is 18.7 Å². The number of hydrogen-bond acceptors (Lipinski definition) is 4. The molecule has 2 N–H and O–H groups in total. The maximum absolute atomic E-state index is 12.8. The first-order valence-electron chi connectivity index (χ1n) is 9.30. The molecule has 0 aromatic heterocycles. The second kappa shape index (κ2) is 9.09. The van der Waals surface area contributed by atoms with Crippen molar-refractivity contribution in [2.24, 2.45) is 0 Å². The molecular weight excluding hydrogens is 390 g/mol. The van der Waals surface area contributed by atoms with E-state index in [9.17, 15) is 18.0 Å². The number of aryl methyl sites for hydroxylation is 1. The molecule has 0 aliphatic heterocycles. The molecule has 0 saturated heterocycles. The number of nitrogens with one attached hydrogen (secondary N) is 2. The third kappa shape index (κ3) is 5.57. The van der Waals surface area contributed by atoms with Gasteiger partial charge in [-0.05, 0) is 50.1 Å². The molecule has 0 fully saturated rings. The predicted octanol–water partition coefficient (Wildman–Crippen LogP) is 3.17. The highest BCUT2D eigenvalue weighted by molar-refractivity contribution is 7.92. The van der Waals surface area contributed by atoms with Crippen molar-refractivity contribution in [3.05, 3.63) is 59.2 Å². The summed E-state index contributed by atoms with van der Waals surface area (Å²) in [4.78, 5) is 25.3. The van der Waals surface area contributed by atoms with Gasteiger partial charge in [0.25, 0.3) is 11.8 Å². The lowest BCUT2D eigenvalue weighted by atomic mass is 10.1. The summed E-state index contributed by atoms with van der Waals surface area (Å²) in [7, 11) is -2.02. The highest BCUT2D eigenvalue weighted by atomic mass is 32.2. The Hall–Kier alpha value is -2.87. The Balaban J connectivity index is 2.31. The van der Waals surface area contributed by atoms with Crippen molar-refractivity contribution in [3.8, 4) is 0 Å². The van der Waals surface area contributed by atoms with Crippen LogP contribution >= 0.6 is 0 Å². The van der Waals surface area contributed by atoms with Crippen molar-refractivity contribution in [2.75, 3.05) is 22.9 Å². The molecule has 0 bridgehead atoms. The summed E-state index contributed by atoms with van der Waals surface area (Å²) < 4.78 is 24.9. The molecule has 8 heteroatoms. The van der Waals surface area contributed by atoms with E-state index >= 15 is 0 Å². The quantitative estimate of drug-likeness (QED) is 0.723. The van der Waals surface area contributed by atoms with Gasteiger partial charge in [0.15, 0.2) is 0 Å². The lowest BCUT2D eigenvalue weighted by Gasteiger charge is -2.20. The zero-order valence-electron chi connectivity index (χ0n) is 17.3. The average Bonchev–Trinajstić information content (AvgIpc) is 2.67. The Morgan fingerprint density at radius 1 is 1.10 bits per heavy atom.